The molecule has 0 aliphatic rings. The fourth-order valence-electron chi connectivity index (χ4n) is 2.53. The second kappa shape index (κ2) is 9.17. The fraction of sp³-hybridized carbons (Fsp3) is 0.105. The van der Waals surface area contributed by atoms with Crippen molar-refractivity contribution >= 4 is 40.6 Å². The number of thiazole rings is 1. The van der Waals surface area contributed by atoms with Crippen molar-refractivity contribution in [2.24, 2.45) is 0 Å². The predicted octanol–water partition coefficient (Wildman–Crippen LogP) is 3.85. The summed E-state index contributed by atoms with van der Waals surface area (Å²) in [5, 5.41) is 15.0. The van der Waals surface area contributed by atoms with E-state index in [9.17, 15) is 4.79 Å². The molecule has 4 rings (SSSR count). The van der Waals surface area contributed by atoms with E-state index in [0.717, 1.165) is 22.0 Å². The molecule has 4 aromatic rings. The number of nitrogens with zero attached hydrogens (tertiary/aromatic N) is 5. The lowest BCUT2D eigenvalue weighted by Crippen LogP contribution is -2.24. The van der Waals surface area contributed by atoms with Gasteiger partial charge in [-0.1, -0.05) is 29.4 Å². The van der Waals surface area contributed by atoms with Crippen molar-refractivity contribution in [1.29, 1.82) is 0 Å². The van der Waals surface area contributed by atoms with Gasteiger partial charge in [-0.2, -0.15) is 0 Å². The van der Waals surface area contributed by atoms with Crippen molar-refractivity contribution in [1.82, 2.24) is 30.0 Å². The Bertz CT molecular complexity index is 1110. The average molecular weight is 443 g/mol. The molecule has 0 atom stereocenters. The van der Waals surface area contributed by atoms with E-state index < -0.39 is 0 Å². The lowest BCUT2D eigenvalue weighted by atomic mass is 10.2. The second-order valence-electron chi connectivity index (χ2n) is 5.89. The van der Waals surface area contributed by atoms with Crippen LogP contribution in [0.25, 0.3) is 16.9 Å². The van der Waals surface area contributed by atoms with E-state index in [0.29, 0.717) is 16.7 Å². The van der Waals surface area contributed by atoms with Crippen LogP contribution in [0.15, 0.2) is 65.7 Å². The van der Waals surface area contributed by atoms with Crippen molar-refractivity contribution in [2.75, 3.05) is 5.75 Å². The number of halogens is 1. The zero-order chi connectivity index (χ0) is 20.1. The average Bonchev–Trinajstić information content (AvgIpc) is 3.41. The summed E-state index contributed by atoms with van der Waals surface area (Å²) in [5.74, 6) is 0.123. The van der Waals surface area contributed by atoms with Crippen LogP contribution in [-0.4, -0.2) is 36.4 Å². The van der Waals surface area contributed by atoms with E-state index in [1.807, 2.05) is 35.7 Å². The van der Waals surface area contributed by atoms with Crippen molar-refractivity contribution in [3.63, 3.8) is 0 Å². The highest BCUT2D eigenvalue weighted by Gasteiger charge is 2.11. The molecule has 0 unspecified atom stereocenters. The van der Waals surface area contributed by atoms with Crippen molar-refractivity contribution in [2.45, 2.75) is 11.7 Å². The smallest absolute Gasteiger partial charge is 0.230 e. The van der Waals surface area contributed by atoms with Crippen LogP contribution < -0.4 is 5.32 Å². The van der Waals surface area contributed by atoms with Gasteiger partial charge in [-0.05, 0) is 30.3 Å². The molecule has 0 saturated heterocycles. The monoisotopic (exact) mass is 442 g/mol. The van der Waals surface area contributed by atoms with E-state index in [4.69, 9.17) is 11.6 Å². The first-order valence-electron chi connectivity index (χ1n) is 8.59. The Balaban J connectivity index is 1.32. The number of carbonyl (C=O) groups excluding carboxylic acids is 1. The van der Waals surface area contributed by atoms with E-state index in [-0.39, 0.29) is 11.7 Å². The van der Waals surface area contributed by atoms with Gasteiger partial charge in [-0.3, -0.25) is 14.3 Å². The van der Waals surface area contributed by atoms with Gasteiger partial charge >= 0.3 is 0 Å². The third-order valence-electron chi connectivity index (χ3n) is 3.90. The maximum Gasteiger partial charge on any atom is 0.230 e. The molecule has 10 heteroatoms. The standard InChI is InChI=1S/C19H15ClN6OS2/c20-14-2-1-3-15(8-14)26-12-23-25-19(26)29-11-17(27)22-9-18-24-16(10-28-18)13-4-6-21-7-5-13/h1-8,10,12H,9,11H2,(H,22,27). The van der Waals surface area contributed by atoms with Crippen molar-refractivity contribution < 1.29 is 4.79 Å². The van der Waals surface area contributed by atoms with Gasteiger partial charge in [-0.15, -0.1) is 21.5 Å². The summed E-state index contributed by atoms with van der Waals surface area (Å²) >= 11 is 8.87. The van der Waals surface area contributed by atoms with Gasteiger partial charge < -0.3 is 5.32 Å². The molecule has 0 aliphatic heterocycles. The van der Waals surface area contributed by atoms with Gasteiger partial charge in [-0.25, -0.2) is 4.98 Å². The molecule has 146 valence electrons. The van der Waals surface area contributed by atoms with Crippen LogP contribution in [0, 0.1) is 0 Å². The van der Waals surface area contributed by atoms with Crippen LogP contribution >= 0.6 is 34.7 Å². The maximum absolute atomic E-state index is 12.2. The molecule has 0 radical (unpaired) electrons. The number of nitrogens with one attached hydrogen (secondary N) is 1. The Hall–Kier alpha value is -2.75. The van der Waals surface area contributed by atoms with E-state index in [1.54, 1.807) is 29.4 Å². The van der Waals surface area contributed by atoms with Gasteiger partial charge in [0, 0.05) is 28.4 Å². The van der Waals surface area contributed by atoms with Gasteiger partial charge in [0.05, 0.1) is 23.7 Å². The van der Waals surface area contributed by atoms with Crippen LogP contribution in [-0.2, 0) is 11.3 Å². The number of hydrogen-bond donors (Lipinski definition) is 1. The molecule has 0 fully saturated rings. The molecule has 1 aromatic carbocycles. The highest BCUT2D eigenvalue weighted by molar-refractivity contribution is 7.99. The molecule has 3 aromatic heterocycles. The van der Waals surface area contributed by atoms with Crippen molar-refractivity contribution in [3.8, 4) is 16.9 Å². The quantitative estimate of drug-likeness (QED) is 0.437. The number of aromatic nitrogens is 5. The Morgan fingerprint density at radius 3 is 2.93 bits per heavy atom. The topological polar surface area (TPSA) is 85.6 Å². The molecule has 0 saturated carbocycles. The van der Waals surface area contributed by atoms with Gasteiger partial charge in [0.2, 0.25) is 5.91 Å². The number of thioether (sulfide) groups is 1. The summed E-state index contributed by atoms with van der Waals surface area (Å²) in [6, 6.07) is 11.2. The number of amides is 1. The molecule has 1 amide bonds. The normalized spacial score (nSPS) is 10.8. The second-order valence-corrected chi connectivity index (χ2v) is 8.21. The maximum atomic E-state index is 12.2. The Labute approximate surface area is 180 Å². The highest BCUT2D eigenvalue weighted by Crippen LogP contribution is 2.22. The summed E-state index contributed by atoms with van der Waals surface area (Å²) in [5.41, 5.74) is 2.73. The molecule has 1 N–H and O–H groups in total. The molecule has 0 aliphatic carbocycles. The molecule has 3 heterocycles. The number of carbonyl (C=O) groups is 1. The minimum Gasteiger partial charge on any atom is -0.349 e. The number of benzene rings is 1. The molecular formula is C19H15ClN6OS2. The van der Waals surface area contributed by atoms with E-state index in [2.05, 4.69) is 25.5 Å². The SMILES string of the molecule is O=C(CSc1nncn1-c1cccc(Cl)c1)NCc1nc(-c2ccncc2)cs1. The lowest BCUT2D eigenvalue weighted by Gasteiger charge is -2.07. The summed E-state index contributed by atoms with van der Waals surface area (Å²) < 4.78 is 1.80. The molecule has 0 spiro atoms. The molecular weight excluding hydrogens is 428 g/mol. The minimum absolute atomic E-state index is 0.101. The first-order chi connectivity index (χ1) is 14.2. The first-order valence-corrected chi connectivity index (χ1v) is 10.8. The first kappa shape index (κ1) is 19.6. The van der Waals surface area contributed by atoms with Gasteiger partial charge in [0.1, 0.15) is 11.3 Å². The van der Waals surface area contributed by atoms with Crippen LogP contribution in [0.5, 0.6) is 0 Å². The Morgan fingerprint density at radius 1 is 1.24 bits per heavy atom. The van der Waals surface area contributed by atoms with Crippen LogP contribution in [0.2, 0.25) is 5.02 Å². The third-order valence-corrected chi connectivity index (χ3v) is 5.93. The van der Waals surface area contributed by atoms with Crippen LogP contribution in [0.3, 0.4) is 0 Å². The number of hydrogen-bond acceptors (Lipinski definition) is 7. The zero-order valence-corrected chi connectivity index (χ0v) is 17.4. The fourth-order valence-corrected chi connectivity index (χ4v) is 4.21. The largest absolute Gasteiger partial charge is 0.349 e. The van der Waals surface area contributed by atoms with E-state index in [1.165, 1.54) is 23.1 Å². The van der Waals surface area contributed by atoms with Crippen LogP contribution in [0.1, 0.15) is 5.01 Å². The summed E-state index contributed by atoms with van der Waals surface area (Å²) in [4.78, 5) is 20.8. The summed E-state index contributed by atoms with van der Waals surface area (Å²) in [6.07, 6.45) is 5.06. The number of pyridine rings is 1. The van der Waals surface area contributed by atoms with Gasteiger partial charge in [0.25, 0.3) is 0 Å². The molecule has 0 bridgehead atoms. The predicted molar refractivity (Wildman–Crippen MR) is 114 cm³/mol. The summed E-state index contributed by atoms with van der Waals surface area (Å²) in [6.45, 7) is 0.385. The molecule has 7 nitrogen and oxygen atoms in total. The van der Waals surface area contributed by atoms with Crippen LogP contribution in [0.4, 0.5) is 0 Å². The van der Waals surface area contributed by atoms with Crippen molar-refractivity contribution in [3.05, 3.63) is 70.5 Å². The Kier molecular flexibility index (Phi) is 6.18. The lowest BCUT2D eigenvalue weighted by molar-refractivity contribution is -0.118. The third kappa shape index (κ3) is 5.00. The van der Waals surface area contributed by atoms with E-state index >= 15 is 0 Å². The molecule has 29 heavy (non-hydrogen) atoms. The number of rotatable bonds is 7. The van der Waals surface area contributed by atoms with Gasteiger partial charge in [0.15, 0.2) is 5.16 Å². The highest BCUT2D eigenvalue weighted by atomic mass is 35.5. The zero-order valence-electron chi connectivity index (χ0n) is 15.0. The Morgan fingerprint density at radius 2 is 2.10 bits per heavy atom. The summed E-state index contributed by atoms with van der Waals surface area (Å²) in [7, 11) is 0. The minimum atomic E-state index is -0.101.